The minimum Gasteiger partial charge on any atom is -0.497 e. The van der Waals surface area contributed by atoms with Crippen molar-refractivity contribution in [1.29, 1.82) is 0 Å². The average molecular weight is 263 g/mol. The number of benzene rings is 2. The standard InChI is InChI=1S/C14H15ClOSi/c1-16-12-7-9-14(10-8-12)17(11-15)13-5-3-2-4-6-13/h2-10,17H,11H2,1H3. The van der Waals surface area contributed by atoms with E-state index in [1.54, 1.807) is 7.11 Å². The van der Waals surface area contributed by atoms with Gasteiger partial charge in [-0.1, -0.05) is 52.8 Å². The first-order valence-corrected chi connectivity index (χ1v) is 8.10. The molecule has 0 heterocycles. The predicted molar refractivity (Wildman–Crippen MR) is 76.6 cm³/mol. The first kappa shape index (κ1) is 12.2. The molecule has 1 atom stereocenters. The molecule has 1 nitrogen and oxygen atoms in total. The normalized spacial score (nSPS) is 12.1. The minimum absolute atomic E-state index is 0.719. The predicted octanol–water partition coefficient (Wildman–Crippen LogP) is 1.81. The van der Waals surface area contributed by atoms with Crippen molar-refractivity contribution in [1.82, 2.24) is 0 Å². The summed E-state index contributed by atoms with van der Waals surface area (Å²) in [7, 11) is 0.432. The van der Waals surface area contributed by atoms with E-state index in [-0.39, 0.29) is 0 Å². The van der Waals surface area contributed by atoms with Gasteiger partial charge in [-0.2, -0.15) is 0 Å². The third kappa shape index (κ3) is 2.90. The van der Waals surface area contributed by atoms with E-state index >= 15 is 0 Å². The van der Waals surface area contributed by atoms with Crippen LogP contribution in [0, 0.1) is 0 Å². The van der Waals surface area contributed by atoms with Gasteiger partial charge in [-0.05, 0) is 12.1 Å². The highest BCUT2D eigenvalue weighted by Gasteiger charge is 2.14. The van der Waals surface area contributed by atoms with Gasteiger partial charge < -0.3 is 4.74 Å². The zero-order valence-electron chi connectivity index (χ0n) is 9.77. The van der Waals surface area contributed by atoms with Gasteiger partial charge in [-0.3, -0.25) is 0 Å². The summed E-state index contributed by atoms with van der Waals surface area (Å²) in [6, 6.07) is 18.8. The fourth-order valence-electron chi connectivity index (χ4n) is 1.89. The molecule has 0 aliphatic heterocycles. The molecule has 0 aliphatic carbocycles. The molecule has 3 heteroatoms. The smallest absolute Gasteiger partial charge is 0.118 e. The van der Waals surface area contributed by atoms with Gasteiger partial charge in [0.25, 0.3) is 0 Å². The van der Waals surface area contributed by atoms with Crippen molar-refractivity contribution in [3.63, 3.8) is 0 Å². The van der Waals surface area contributed by atoms with Crippen molar-refractivity contribution in [3.8, 4) is 5.75 Å². The first-order chi connectivity index (χ1) is 8.35. The van der Waals surface area contributed by atoms with Crippen LogP contribution in [0.15, 0.2) is 54.6 Å². The molecule has 0 aromatic heterocycles. The van der Waals surface area contributed by atoms with E-state index in [9.17, 15) is 0 Å². The SMILES string of the molecule is COc1ccc([SiH](CCl)c2ccccc2)cc1. The van der Waals surface area contributed by atoms with Crippen LogP contribution in [0.1, 0.15) is 0 Å². The van der Waals surface area contributed by atoms with Crippen molar-refractivity contribution < 1.29 is 4.74 Å². The zero-order valence-corrected chi connectivity index (χ0v) is 11.7. The summed E-state index contributed by atoms with van der Waals surface area (Å²) in [6.45, 7) is 0. The molecule has 0 amide bonds. The minimum atomic E-state index is -1.25. The van der Waals surface area contributed by atoms with Crippen LogP contribution < -0.4 is 15.1 Å². The fraction of sp³-hybridized carbons (Fsp3) is 0.143. The van der Waals surface area contributed by atoms with Crippen molar-refractivity contribution in [3.05, 3.63) is 54.6 Å². The quantitative estimate of drug-likeness (QED) is 0.603. The van der Waals surface area contributed by atoms with E-state index in [1.165, 1.54) is 10.4 Å². The van der Waals surface area contributed by atoms with Crippen LogP contribution in [-0.2, 0) is 0 Å². The molecule has 1 unspecified atom stereocenters. The molecule has 17 heavy (non-hydrogen) atoms. The number of methoxy groups -OCH3 is 1. The summed E-state index contributed by atoms with van der Waals surface area (Å²) in [6.07, 6.45) is 0. The first-order valence-electron chi connectivity index (χ1n) is 5.60. The van der Waals surface area contributed by atoms with Crippen LogP contribution in [-0.4, -0.2) is 21.4 Å². The Balaban J connectivity index is 2.29. The molecular formula is C14H15ClOSi. The molecule has 0 saturated heterocycles. The van der Waals surface area contributed by atoms with E-state index in [1.807, 2.05) is 18.2 Å². The van der Waals surface area contributed by atoms with Gasteiger partial charge in [-0.25, -0.2) is 0 Å². The van der Waals surface area contributed by atoms with Crippen LogP contribution in [0.4, 0.5) is 0 Å². The number of hydrogen-bond donors (Lipinski definition) is 0. The summed E-state index contributed by atoms with van der Waals surface area (Å²) in [5.41, 5.74) is 0.719. The summed E-state index contributed by atoms with van der Waals surface area (Å²) in [4.78, 5) is 0. The molecule has 0 radical (unpaired) electrons. The molecular weight excluding hydrogens is 248 g/mol. The van der Waals surface area contributed by atoms with Crippen LogP contribution in [0.3, 0.4) is 0 Å². The molecule has 2 rings (SSSR count). The summed E-state index contributed by atoms with van der Waals surface area (Å²) in [5, 5.41) is 2.74. The number of alkyl halides is 1. The molecule has 2 aromatic carbocycles. The lowest BCUT2D eigenvalue weighted by Crippen LogP contribution is -2.44. The third-order valence-corrected chi connectivity index (χ3v) is 6.49. The Bertz CT molecular complexity index is 455. The van der Waals surface area contributed by atoms with Crippen molar-refractivity contribution in [2.45, 2.75) is 0 Å². The Kier molecular flexibility index (Phi) is 4.23. The van der Waals surface area contributed by atoms with E-state index in [0.29, 0.717) is 0 Å². The maximum atomic E-state index is 6.14. The highest BCUT2D eigenvalue weighted by Crippen LogP contribution is 2.06. The van der Waals surface area contributed by atoms with Crippen molar-refractivity contribution >= 4 is 30.8 Å². The Morgan fingerprint density at radius 3 is 2.06 bits per heavy atom. The second-order valence-electron chi connectivity index (χ2n) is 3.89. The van der Waals surface area contributed by atoms with E-state index < -0.39 is 8.80 Å². The summed E-state index contributed by atoms with van der Waals surface area (Å²) in [5.74, 6) is 0.893. The monoisotopic (exact) mass is 262 g/mol. The lowest BCUT2D eigenvalue weighted by Gasteiger charge is -2.13. The fourth-order valence-corrected chi connectivity index (χ4v) is 5.05. The lowest BCUT2D eigenvalue weighted by molar-refractivity contribution is 0.415. The maximum absolute atomic E-state index is 6.14. The second-order valence-corrected chi connectivity index (χ2v) is 7.56. The molecule has 0 bridgehead atoms. The number of rotatable bonds is 4. The molecule has 0 saturated carbocycles. The molecule has 0 fully saturated rings. The lowest BCUT2D eigenvalue weighted by atomic mass is 10.3. The van der Waals surface area contributed by atoms with Gasteiger partial charge in [-0.15, -0.1) is 11.6 Å². The Morgan fingerprint density at radius 1 is 0.941 bits per heavy atom. The Labute approximate surface area is 109 Å². The third-order valence-electron chi connectivity index (χ3n) is 2.87. The highest BCUT2D eigenvalue weighted by molar-refractivity contribution is 6.89. The molecule has 0 N–H and O–H groups in total. The average Bonchev–Trinajstić information content (AvgIpc) is 2.42. The van der Waals surface area contributed by atoms with Crippen molar-refractivity contribution in [2.24, 2.45) is 0 Å². The van der Waals surface area contributed by atoms with E-state index in [0.717, 1.165) is 11.3 Å². The molecule has 0 aliphatic rings. The molecule has 88 valence electrons. The Morgan fingerprint density at radius 2 is 1.53 bits per heavy atom. The summed E-state index contributed by atoms with van der Waals surface area (Å²) < 4.78 is 5.17. The van der Waals surface area contributed by atoms with Gasteiger partial charge >= 0.3 is 0 Å². The van der Waals surface area contributed by atoms with Crippen LogP contribution in [0.2, 0.25) is 0 Å². The molecule has 2 aromatic rings. The van der Waals surface area contributed by atoms with Crippen molar-refractivity contribution in [2.75, 3.05) is 12.6 Å². The van der Waals surface area contributed by atoms with Crippen LogP contribution >= 0.6 is 11.6 Å². The van der Waals surface area contributed by atoms with Gasteiger partial charge in [0, 0.05) is 5.50 Å². The summed E-state index contributed by atoms with van der Waals surface area (Å²) >= 11 is 6.14. The van der Waals surface area contributed by atoms with Crippen LogP contribution in [0.5, 0.6) is 5.75 Å². The maximum Gasteiger partial charge on any atom is 0.118 e. The number of hydrogen-bond acceptors (Lipinski definition) is 1. The topological polar surface area (TPSA) is 9.23 Å². The van der Waals surface area contributed by atoms with Gasteiger partial charge in [0.15, 0.2) is 0 Å². The number of ether oxygens (including phenoxy) is 1. The molecule has 0 spiro atoms. The van der Waals surface area contributed by atoms with E-state index in [4.69, 9.17) is 16.3 Å². The number of halogens is 1. The second kappa shape index (κ2) is 5.89. The van der Waals surface area contributed by atoms with Gasteiger partial charge in [0.05, 0.1) is 7.11 Å². The highest BCUT2D eigenvalue weighted by atomic mass is 35.5. The van der Waals surface area contributed by atoms with Crippen LogP contribution in [0.25, 0.3) is 0 Å². The zero-order chi connectivity index (χ0) is 12.1. The Hall–Kier alpha value is -1.25. The van der Waals surface area contributed by atoms with Gasteiger partial charge in [0.2, 0.25) is 0 Å². The van der Waals surface area contributed by atoms with Gasteiger partial charge in [0.1, 0.15) is 14.5 Å². The largest absolute Gasteiger partial charge is 0.497 e. The van der Waals surface area contributed by atoms with E-state index in [2.05, 4.69) is 36.4 Å².